The van der Waals surface area contributed by atoms with Crippen LogP contribution in [0.4, 0.5) is 0 Å². The van der Waals surface area contributed by atoms with E-state index < -0.39 is 0 Å². The number of aromatic hydroxyl groups is 1. The molecular formula is C21H22N4O. The van der Waals surface area contributed by atoms with E-state index in [0.29, 0.717) is 11.7 Å². The Kier molecular flexibility index (Phi) is 3.75. The van der Waals surface area contributed by atoms with Gasteiger partial charge in [0.2, 0.25) is 0 Å². The SMILES string of the molecule is Oc1cccc(C2CCN(Cc3nnn4c3-c3ccccc3C4)CC2)c1. The molecule has 0 atom stereocenters. The molecule has 0 unspecified atom stereocenters. The summed E-state index contributed by atoms with van der Waals surface area (Å²) in [5.74, 6) is 0.896. The molecule has 2 aliphatic heterocycles. The second-order valence-electron chi connectivity index (χ2n) is 7.34. The van der Waals surface area contributed by atoms with Gasteiger partial charge in [-0.25, -0.2) is 4.68 Å². The van der Waals surface area contributed by atoms with Crippen LogP contribution < -0.4 is 0 Å². The van der Waals surface area contributed by atoms with Crippen LogP contribution in [0.1, 0.15) is 35.6 Å². The minimum absolute atomic E-state index is 0.364. The van der Waals surface area contributed by atoms with Gasteiger partial charge in [0.1, 0.15) is 11.4 Å². The fourth-order valence-corrected chi connectivity index (χ4v) is 4.33. The molecule has 3 heterocycles. The molecule has 5 heteroatoms. The van der Waals surface area contributed by atoms with Crippen LogP contribution in [0.2, 0.25) is 0 Å². The maximum Gasteiger partial charge on any atom is 0.115 e. The number of phenols is 1. The monoisotopic (exact) mass is 346 g/mol. The van der Waals surface area contributed by atoms with Gasteiger partial charge in [0.05, 0.1) is 12.2 Å². The first-order chi connectivity index (χ1) is 12.8. The van der Waals surface area contributed by atoms with Crippen molar-refractivity contribution < 1.29 is 5.11 Å². The van der Waals surface area contributed by atoms with Crippen molar-refractivity contribution in [2.45, 2.75) is 31.8 Å². The molecule has 0 radical (unpaired) electrons. The van der Waals surface area contributed by atoms with E-state index in [9.17, 15) is 5.11 Å². The van der Waals surface area contributed by atoms with Crippen LogP contribution in [-0.4, -0.2) is 38.1 Å². The summed E-state index contributed by atoms with van der Waals surface area (Å²) < 4.78 is 2.03. The average molecular weight is 346 g/mol. The highest BCUT2D eigenvalue weighted by Crippen LogP contribution is 2.34. The molecule has 132 valence electrons. The summed E-state index contributed by atoms with van der Waals surface area (Å²) >= 11 is 0. The molecule has 3 aromatic rings. The lowest BCUT2D eigenvalue weighted by Crippen LogP contribution is -2.32. The van der Waals surface area contributed by atoms with Crippen molar-refractivity contribution in [3.63, 3.8) is 0 Å². The number of benzene rings is 2. The van der Waals surface area contributed by atoms with Gasteiger partial charge >= 0.3 is 0 Å². The van der Waals surface area contributed by atoms with Crippen molar-refractivity contribution in [3.8, 4) is 17.0 Å². The number of fused-ring (bicyclic) bond motifs is 3. The van der Waals surface area contributed by atoms with Crippen molar-refractivity contribution in [1.29, 1.82) is 0 Å². The van der Waals surface area contributed by atoms with E-state index >= 15 is 0 Å². The molecular weight excluding hydrogens is 324 g/mol. The van der Waals surface area contributed by atoms with Crippen molar-refractivity contribution in [2.75, 3.05) is 13.1 Å². The van der Waals surface area contributed by atoms with Crippen LogP contribution in [0.3, 0.4) is 0 Å². The van der Waals surface area contributed by atoms with E-state index in [1.165, 1.54) is 22.4 Å². The zero-order valence-corrected chi connectivity index (χ0v) is 14.7. The Morgan fingerprint density at radius 1 is 1.04 bits per heavy atom. The third-order valence-corrected chi connectivity index (χ3v) is 5.70. The van der Waals surface area contributed by atoms with Gasteiger partial charge in [-0.05, 0) is 55.1 Å². The number of likely N-dealkylation sites (tertiary alicyclic amines) is 1. The molecule has 5 rings (SSSR count). The van der Waals surface area contributed by atoms with Crippen LogP contribution in [-0.2, 0) is 13.1 Å². The van der Waals surface area contributed by atoms with Gasteiger partial charge in [-0.1, -0.05) is 41.6 Å². The van der Waals surface area contributed by atoms with Crippen molar-refractivity contribution in [1.82, 2.24) is 19.9 Å². The number of nitrogens with zero attached hydrogens (tertiary/aromatic N) is 4. The minimum Gasteiger partial charge on any atom is -0.508 e. The predicted molar refractivity (Wildman–Crippen MR) is 99.9 cm³/mol. The van der Waals surface area contributed by atoms with Crippen LogP contribution in [0.15, 0.2) is 48.5 Å². The molecule has 2 aromatic carbocycles. The predicted octanol–water partition coefficient (Wildman–Crippen LogP) is 3.39. The Morgan fingerprint density at radius 2 is 1.88 bits per heavy atom. The van der Waals surface area contributed by atoms with Crippen LogP contribution >= 0.6 is 0 Å². The van der Waals surface area contributed by atoms with Crippen LogP contribution in [0, 0.1) is 0 Å². The summed E-state index contributed by atoms with van der Waals surface area (Å²) in [6, 6.07) is 16.2. The largest absolute Gasteiger partial charge is 0.508 e. The zero-order valence-electron chi connectivity index (χ0n) is 14.7. The number of piperidine rings is 1. The molecule has 2 aliphatic rings. The first-order valence-electron chi connectivity index (χ1n) is 9.30. The second-order valence-corrected chi connectivity index (χ2v) is 7.34. The number of hydrogen-bond acceptors (Lipinski definition) is 4. The summed E-state index contributed by atoms with van der Waals surface area (Å²) in [6.45, 7) is 3.79. The Labute approximate surface area is 152 Å². The topological polar surface area (TPSA) is 54.2 Å². The lowest BCUT2D eigenvalue weighted by molar-refractivity contribution is 0.202. The van der Waals surface area contributed by atoms with E-state index in [2.05, 4.69) is 45.5 Å². The molecule has 5 nitrogen and oxygen atoms in total. The van der Waals surface area contributed by atoms with Gasteiger partial charge in [-0.2, -0.15) is 0 Å². The first kappa shape index (κ1) is 15.6. The molecule has 1 N–H and O–H groups in total. The average Bonchev–Trinajstić information content (AvgIpc) is 3.22. The summed E-state index contributed by atoms with van der Waals surface area (Å²) in [5, 5.41) is 18.5. The summed E-state index contributed by atoms with van der Waals surface area (Å²) in [5.41, 5.74) is 6.15. The Hall–Kier alpha value is -2.66. The Balaban J connectivity index is 1.29. The lowest BCUT2D eigenvalue weighted by Gasteiger charge is -2.31. The van der Waals surface area contributed by atoms with E-state index in [0.717, 1.165) is 44.7 Å². The lowest BCUT2D eigenvalue weighted by atomic mass is 9.89. The summed E-state index contributed by atoms with van der Waals surface area (Å²) in [6.07, 6.45) is 2.23. The molecule has 26 heavy (non-hydrogen) atoms. The third-order valence-electron chi connectivity index (χ3n) is 5.70. The van der Waals surface area contributed by atoms with Crippen molar-refractivity contribution in [2.24, 2.45) is 0 Å². The zero-order chi connectivity index (χ0) is 17.5. The van der Waals surface area contributed by atoms with Gasteiger partial charge in [0.15, 0.2) is 0 Å². The van der Waals surface area contributed by atoms with Crippen molar-refractivity contribution >= 4 is 0 Å². The smallest absolute Gasteiger partial charge is 0.115 e. The standard InChI is InChI=1S/C21H22N4O/c26-18-6-3-5-16(12-18)15-8-10-24(11-9-15)14-20-21-19-7-2-1-4-17(19)13-25(21)23-22-20/h1-7,12,15,26H,8-11,13-14H2. The van der Waals surface area contributed by atoms with Gasteiger partial charge in [0, 0.05) is 12.1 Å². The Bertz CT molecular complexity index is 941. The van der Waals surface area contributed by atoms with Crippen LogP contribution in [0.25, 0.3) is 11.3 Å². The highest BCUT2D eigenvalue weighted by molar-refractivity contribution is 5.69. The fourth-order valence-electron chi connectivity index (χ4n) is 4.33. The molecule has 1 fully saturated rings. The van der Waals surface area contributed by atoms with Crippen LogP contribution in [0.5, 0.6) is 5.75 Å². The molecule has 0 saturated carbocycles. The van der Waals surface area contributed by atoms with Gasteiger partial charge in [-0.15, -0.1) is 5.10 Å². The van der Waals surface area contributed by atoms with Crippen molar-refractivity contribution in [3.05, 3.63) is 65.4 Å². The molecule has 1 aromatic heterocycles. The van der Waals surface area contributed by atoms with E-state index in [4.69, 9.17) is 0 Å². The van der Waals surface area contributed by atoms with Gasteiger partial charge < -0.3 is 5.11 Å². The molecule has 0 bridgehead atoms. The quantitative estimate of drug-likeness (QED) is 0.618. The maximum absolute atomic E-state index is 9.71. The third kappa shape index (κ3) is 2.69. The first-order valence-corrected chi connectivity index (χ1v) is 9.30. The molecule has 1 saturated heterocycles. The van der Waals surface area contributed by atoms with E-state index in [-0.39, 0.29) is 0 Å². The van der Waals surface area contributed by atoms with Gasteiger partial charge in [0.25, 0.3) is 0 Å². The van der Waals surface area contributed by atoms with E-state index in [1.54, 1.807) is 6.07 Å². The number of rotatable bonds is 3. The molecule has 0 amide bonds. The Morgan fingerprint density at radius 3 is 2.73 bits per heavy atom. The molecule has 0 spiro atoms. The summed E-state index contributed by atoms with van der Waals surface area (Å²) in [7, 11) is 0. The van der Waals surface area contributed by atoms with E-state index in [1.807, 2.05) is 16.8 Å². The molecule has 0 aliphatic carbocycles. The normalized spacial score (nSPS) is 17.2. The maximum atomic E-state index is 9.71. The second kappa shape index (κ2) is 6.25. The number of aromatic nitrogens is 3. The highest BCUT2D eigenvalue weighted by Gasteiger charge is 2.27. The minimum atomic E-state index is 0.364. The number of phenolic OH excluding ortho intramolecular Hbond substituents is 1. The fraction of sp³-hybridized carbons (Fsp3) is 0.333. The number of hydrogen-bond donors (Lipinski definition) is 1. The highest BCUT2D eigenvalue weighted by atomic mass is 16.3. The van der Waals surface area contributed by atoms with Gasteiger partial charge in [-0.3, -0.25) is 4.90 Å². The summed E-state index contributed by atoms with van der Waals surface area (Å²) in [4.78, 5) is 2.48.